The van der Waals surface area contributed by atoms with Gasteiger partial charge in [-0.3, -0.25) is 14.4 Å². The number of alkyl carbamates (subject to hydrolysis) is 2. The van der Waals surface area contributed by atoms with Crippen LogP contribution in [0.15, 0.2) is 121 Å². The van der Waals surface area contributed by atoms with E-state index in [9.17, 15) is 43.2 Å². The highest BCUT2D eigenvalue weighted by Crippen LogP contribution is 2.30. The van der Waals surface area contributed by atoms with E-state index in [2.05, 4.69) is 63.8 Å². The highest BCUT2D eigenvalue weighted by atomic mass is 32.1. The molecule has 8 rings (SSSR count). The van der Waals surface area contributed by atoms with Gasteiger partial charge in [-0.1, -0.05) is 70.8 Å². The second-order valence-electron chi connectivity index (χ2n) is 24.7. The molecule has 30 heteroatoms. The fourth-order valence-electron chi connectivity index (χ4n) is 8.31. The van der Waals surface area contributed by atoms with E-state index in [1.807, 2.05) is 198 Å². The highest BCUT2D eigenvalue weighted by Gasteiger charge is 2.20. The topological polar surface area (TPSA) is 395 Å². The van der Waals surface area contributed by atoms with Gasteiger partial charge in [-0.25, -0.2) is 28.8 Å². The van der Waals surface area contributed by atoms with E-state index in [0.29, 0.717) is 52.9 Å². The van der Waals surface area contributed by atoms with Crippen LogP contribution in [-0.4, -0.2) is 84.9 Å². The number of anilines is 8. The summed E-state index contributed by atoms with van der Waals surface area (Å²) in [5.74, 6) is -1.14. The number of nitrogens with one attached hydrogen (secondary N) is 12. The number of nitrogens with two attached hydrogens (primary N) is 3. The van der Waals surface area contributed by atoms with E-state index in [1.165, 1.54) is 34.0 Å². The number of amides is 13. The fourth-order valence-corrected chi connectivity index (χ4v) is 11.9. The monoisotopic (exact) mass is 1470 g/mol. The quantitative estimate of drug-likeness (QED) is 0.0380. The number of carbonyl (C=O) groups is 9. The van der Waals surface area contributed by atoms with Crippen molar-refractivity contribution in [2.24, 2.45) is 17.2 Å². The summed E-state index contributed by atoms with van der Waals surface area (Å²) in [6, 6.07) is 36.1. The molecule has 0 aliphatic heterocycles. The number of rotatable bonds is 18. The van der Waals surface area contributed by atoms with Crippen molar-refractivity contribution in [3.63, 3.8) is 0 Å². The Morgan fingerprint density at radius 2 is 0.676 bits per heavy atom. The highest BCUT2D eigenvalue weighted by molar-refractivity contribution is 7.14. The summed E-state index contributed by atoms with van der Waals surface area (Å²) in [5.41, 5.74) is 25.1. The first kappa shape index (κ1) is 84.0. The third-order valence-corrected chi connectivity index (χ3v) is 17.1. The summed E-state index contributed by atoms with van der Waals surface area (Å²) in [4.78, 5) is 112. The van der Waals surface area contributed by atoms with E-state index in [1.54, 1.807) is 38.2 Å². The van der Waals surface area contributed by atoms with Crippen molar-refractivity contribution in [1.29, 1.82) is 0 Å². The molecule has 0 saturated heterocycles. The van der Waals surface area contributed by atoms with Gasteiger partial charge >= 0.3 is 36.3 Å². The van der Waals surface area contributed by atoms with Gasteiger partial charge < -0.3 is 90.5 Å². The van der Waals surface area contributed by atoms with Crippen LogP contribution >= 0.6 is 45.3 Å². The van der Waals surface area contributed by atoms with Crippen LogP contribution in [0.5, 0.6) is 0 Å². The third-order valence-electron chi connectivity index (χ3n) is 12.9. The Kier molecular flexibility index (Phi) is 34.1. The molecule has 4 heterocycles. The van der Waals surface area contributed by atoms with E-state index >= 15 is 0 Å². The summed E-state index contributed by atoms with van der Waals surface area (Å²) in [6.45, 7) is 29.6. The van der Waals surface area contributed by atoms with Crippen LogP contribution in [0.4, 0.5) is 74.3 Å². The standard InChI is InChI=1S/C21H28N4O4S.C16H20N4O2S.C14H15N3O2S.C14H17N3OS.C7H15NO2/c1-13-6-8-15(9-7-13)24-19(27)25-16-10-14(2)30-17(16)11-22-18(26)12-23-20(28)29-21(3,4)5;1-10-3-5-12(6-4-10)19-16(22)20-13-7-11(2)23-14(13)9-18-15(21)8-17;1-8-3-5-10(6-4-8)16-14(19)17-11-7-9(2)20-12(11)13(15)18;1-9-3-5-11(6-4-9)16-14(18)17-12-7-10(2)19-13(12)8-15;1-5-8-6(9)10-7(2,3)4/h6-10H,11-12H2,1-5H3,(H,22,26)(H,23,28)(H2,24,25,27);3-7H,8-9,17H2,1-2H3,(H,18,21)(H2,19,20,22);3-7H,1-2H3,(H2,15,18)(H2,16,17,19);3-7H,8,15H2,1-2H3,(H2,16,17,18);5H2,1-4H3,(H,8,9). The summed E-state index contributed by atoms with van der Waals surface area (Å²) >= 11 is 5.84. The number of thiophene rings is 4. The fraction of sp³-hybridized carbons (Fsp3) is 0.319. The Bertz CT molecular complexity index is 4080. The first-order valence-electron chi connectivity index (χ1n) is 32.1. The third kappa shape index (κ3) is 33.2. The normalized spacial score (nSPS) is 10.4. The lowest BCUT2D eigenvalue weighted by Gasteiger charge is -2.19. The molecule has 0 saturated carbocycles. The van der Waals surface area contributed by atoms with Crippen LogP contribution < -0.4 is 81.0 Å². The Hall–Kier alpha value is -10.4. The average Bonchev–Trinajstić information content (AvgIpc) is 1.72. The number of urea groups is 4. The molecule has 0 unspecified atom stereocenters. The van der Waals surface area contributed by atoms with Crippen LogP contribution in [0, 0.1) is 55.4 Å². The average molecular weight is 1470 g/mol. The predicted octanol–water partition coefficient (Wildman–Crippen LogP) is 14.8. The molecule has 0 spiro atoms. The van der Waals surface area contributed by atoms with Gasteiger partial charge in [0.05, 0.1) is 42.4 Å². The lowest BCUT2D eigenvalue weighted by atomic mass is 10.2. The molecule has 102 heavy (non-hydrogen) atoms. The van der Waals surface area contributed by atoms with Crippen molar-refractivity contribution in [1.82, 2.24) is 21.3 Å². The zero-order valence-electron chi connectivity index (χ0n) is 60.1. The van der Waals surface area contributed by atoms with Gasteiger partial charge in [0, 0.05) is 70.0 Å². The molecule has 0 aliphatic carbocycles. The van der Waals surface area contributed by atoms with Gasteiger partial charge in [-0.15, -0.1) is 45.3 Å². The number of hydrogen-bond donors (Lipinski definition) is 15. The van der Waals surface area contributed by atoms with Crippen molar-refractivity contribution >= 4 is 145 Å². The Morgan fingerprint density at radius 1 is 0.382 bits per heavy atom. The number of carbonyl (C=O) groups excluding carboxylic acids is 9. The van der Waals surface area contributed by atoms with E-state index in [4.69, 9.17) is 26.7 Å². The number of benzene rings is 4. The smallest absolute Gasteiger partial charge is 0.408 e. The molecule has 13 amide bonds. The zero-order chi connectivity index (χ0) is 75.9. The Morgan fingerprint density at radius 3 is 0.990 bits per heavy atom. The maximum absolute atomic E-state index is 12.3. The first-order chi connectivity index (χ1) is 48.0. The predicted molar refractivity (Wildman–Crippen MR) is 415 cm³/mol. The van der Waals surface area contributed by atoms with Crippen LogP contribution in [0.2, 0.25) is 0 Å². The molecule has 0 aliphatic rings. The minimum absolute atomic E-state index is 0.0545. The van der Waals surface area contributed by atoms with Gasteiger partial charge in [-0.05, 0) is 177 Å². The number of aryl methyl sites for hydroxylation is 8. The summed E-state index contributed by atoms with van der Waals surface area (Å²) in [7, 11) is 0. The zero-order valence-corrected chi connectivity index (χ0v) is 63.4. The van der Waals surface area contributed by atoms with Gasteiger partial charge in [0.1, 0.15) is 22.6 Å². The molecule has 18 N–H and O–H groups in total. The molecular weight excluding hydrogens is 1380 g/mol. The summed E-state index contributed by atoms with van der Waals surface area (Å²) in [5, 5.41) is 32.5. The van der Waals surface area contributed by atoms with E-state index in [-0.39, 0.29) is 61.2 Å². The maximum atomic E-state index is 12.3. The molecule has 0 fully saturated rings. The second-order valence-corrected chi connectivity index (χ2v) is 30.0. The molecule has 26 nitrogen and oxygen atoms in total. The van der Waals surface area contributed by atoms with Crippen molar-refractivity contribution in [2.45, 2.75) is 135 Å². The molecule has 8 aromatic rings. The molecule has 0 atom stereocenters. The van der Waals surface area contributed by atoms with Crippen LogP contribution in [0.1, 0.15) is 115 Å². The number of primary amides is 1. The minimum atomic E-state index is -0.653. The summed E-state index contributed by atoms with van der Waals surface area (Å²) in [6.07, 6.45) is -1.00. The van der Waals surface area contributed by atoms with Crippen LogP contribution in [-0.2, 0) is 38.7 Å². The van der Waals surface area contributed by atoms with E-state index in [0.717, 1.165) is 73.5 Å². The first-order valence-corrected chi connectivity index (χ1v) is 35.4. The van der Waals surface area contributed by atoms with Crippen molar-refractivity contribution in [3.05, 3.63) is 183 Å². The van der Waals surface area contributed by atoms with Crippen molar-refractivity contribution in [3.8, 4) is 0 Å². The number of ether oxygens (including phenoxy) is 2. The lowest BCUT2D eigenvalue weighted by Crippen LogP contribution is -2.39. The van der Waals surface area contributed by atoms with Gasteiger partial charge in [-0.2, -0.15) is 0 Å². The molecule has 4 aromatic carbocycles. The summed E-state index contributed by atoms with van der Waals surface area (Å²) < 4.78 is 10.0. The maximum Gasteiger partial charge on any atom is 0.408 e. The van der Waals surface area contributed by atoms with Crippen molar-refractivity contribution < 1.29 is 52.6 Å². The van der Waals surface area contributed by atoms with Crippen LogP contribution in [0.3, 0.4) is 0 Å². The Labute approximate surface area is 611 Å². The molecule has 4 aromatic heterocycles. The largest absolute Gasteiger partial charge is 0.444 e. The van der Waals surface area contributed by atoms with Gasteiger partial charge in [0.2, 0.25) is 11.8 Å². The second kappa shape index (κ2) is 41.4. The Balaban J connectivity index is 0.000000279. The van der Waals surface area contributed by atoms with Crippen molar-refractivity contribution in [2.75, 3.05) is 62.2 Å². The van der Waals surface area contributed by atoms with Gasteiger partial charge in [0.15, 0.2) is 0 Å². The molecular formula is C72H95N15O11S4. The van der Waals surface area contributed by atoms with E-state index < -0.39 is 23.6 Å². The molecule has 0 radical (unpaired) electrons. The van der Waals surface area contributed by atoms with Crippen LogP contribution in [0.25, 0.3) is 0 Å². The molecule has 548 valence electrons. The SMILES string of the molecule is CCNC(=O)OC(C)(C)C.Cc1ccc(NC(=O)Nc2cc(C)sc2C(N)=O)cc1.Cc1ccc(NC(=O)Nc2cc(C)sc2CN)cc1.Cc1ccc(NC(=O)Nc2cc(C)sc2CNC(=O)CN)cc1.Cc1ccc(NC(=O)Nc2cc(C)sc2CNC(=O)CNC(=O)OC(C)(C)C)cc1. The molecule has 0 bridgehead atoms. The number of hydrogen-bond acceptors (Lipinski definition) is 17. The lowest BCUT2D eigenvalue weighted by molar-refractivity contribution is -0.121. The minimum Gasteiger partial charge on any atom is -0.444 e. The van der Waals surface area contributed by atoms with Gasteiger partial charge in [0.25, 0.3) is 5.91 Å².